The Bertz CT molecular complexity index is 396. The van der Waals surface area contributed by atoms with Crippen molar-refractivity contribution in [3.63, 3.8) is 0 Å². The Hall–Kier alpha value is -0.850. The summed E-state index contributed by atoms with van der Waals surface area (Å²) in [6, 6.07) is 0. The first-order valence-corrected chi connectivity index (χ1v) is 7.34. The van der Waals surface area contributed by atoms with E-state index in [0.29, 0.717) is 17.6 Å². The quantitative estimate of drug-likeness (QED) is 0.658. The van der Waals surface area contributed by atoms with Crippen molar-refractivity contribution in [2.45, 2.75) is 59.8 Å². The standard InChI is InChI=1S/C17H26O/c1-11(2)6-5-7-12(3)17-14-8-9-15(17)16(10-14)13(4)18/h6,14-16H,5,7-10H2,1-4H3. The smallest absolute Gasteiger partial charge is 0.133 e. The van der Waals surface area contributed by atoms with Gasteiger partial charge in [0.25, 0.3) is 0 Å². The molecule has 2 aliphatic rings. The molecule has 0 saturated heterocycles. The van der Waals surface area contributed by atoms with Crippen LogP contribution in [0.3, 0.4) is 0 Å². The third-order valence-corrected chi connectivity index (χ3v) is 4.78. The Morgan fingerprint density at radius 3 is 2.50 bits per heavy atom. The van der Waals surface area contributed by atoms with Crippen molar-refractivity contribution in [1.29, 1.82) is 0 Å². The van der Waals surface area contributed by atoms with Gasteiger partial charge in [0.1, 0.15) is 5.78 Å². The molecule has 0 heterocycles. The zero-order valence-electron chi connectivity index (χ0n) is 12.3. The number of allylic oxidation sites excluding steroid dienone is 4. The van der Waals surface area contributed by atoms with Crippen molar-refractivity contribution in [3.8, 4) is 0 Å². The van der Waals surface area contributed by atoms with Crippen molar-refractivity contribution in [1.82, 2.24) is 0 Å². The molecule has 1 heteroatoms. The van der Waals surface area contributed by atoms with E-state index in [2.05, 4.69) is 26.8 Å². The van der Waals surface area contributed by atoms with Gasteiger partial charge >= 0.3 is 0 Å². The molecule has 0 aromatic heterocycles. The second kappa shape index (κ2) is 5.42. The van der Waals surface area contributed by atoms with E-state index in [1.807, 2.05) is 0 Å². The molecule has 0 spiro atoms. The number of hydrogen-bond acceptors (Lipinski definition) is 1. The normalized spacial score (nSPS) is 32.6. The van der Waals surface area contributed by atoms with Gasteiger partial charge in [-0.25, -0.2) is 0 Å². The lowest BCUT2D eigenvalue weighted by Gasteiger charge is -2.17. The van der Waals surface area contributed by atoms with E-state index in [1.165, 1.54) is 24.8 Å². The van der Waals surface area contributed by atoms with Crippen LogP contribution < -0.4 is 0 Å². The fourth-order valence-corrected chi connectivity index (χ4v) is 3.96. The molecule has 0 aromatic rings. The van der Waals surface area contributed by atoms with Crippen molar-refractivity contribution < 1.29 is 4.79 Å². The Balaban J connectivity index is 2.08. The summed E-state index contributed by atoms with van der Waals surface area (Å²) in [7, 11) is 0. The molecule has 1 nitrogen and oxygen atoms in total. The molecule has 2 fully saturated rings. The molecule has 2 rings (SSSR count). The minimum Gasteiger partial charge on any atom is -0.300 e. The van der Waals surface area contributed by atoms with E-state index in [4.69, 9.17) is 0 Å². The van der Waals surface area contributed by atoms with Crippen LogP contribution in [0.5, 0.6) is 0 Å². The minimum atomic E-state index is 0.345. The summed E-state index contributed by atoms with van der Waals surface area (Å²) < 4.78 is 0. The largest absolute Gasteiger partial charge is 0.300 e. The van der Waals surface area contributed by atoms with Gasteiger partial charge in [0.2, 0.25) is 0 Å². The fraction of sp³-hybridized carbons (Fsp3) is 0.706. The lowest BCUT2D eigenvalue weighted by atomic mass is 9.85. The van der Waals surface area contributed by atoms with Crippen molar-refractivity contribution >= 4 is 5.78 Å². The number of fused-ring (bicyclic) bond motifs is 2. The Labute approximate surface area is 111 Å². The van der Waals surface area contributed by atoms with Gasteiger partial charge in [-0.15, -0.1) is 0 Å². The average molecular weight is 246 g/mol. The predicted molar refractivity (Wildman–Crippen MR) is 76.4 cm³/mol. The number of ketones is 1. The zero-order chi connectivity index (χ0) is 13.3. The van der Waals surface area contributed by atoms with Crippen LogP contribution in [0.2, 0.25) is 0 Å². The minimum absolute atomic E-state index is 0.345. The molecule has 18 heavy (non-hydrogen) atoms. The molecule has 0 aromatic carbocycles. The van der Waals surface area contributed by atoms with E-state index < -0.39 is 0 Å². The summed E-state index contributed by atoms with van der Waals surface area (Å²) >= 11 is 0. The second-order valence-electron chi connectivity index (χ2n) is 6.39. The van der Waals surface area contributed by atoms with Gasteiger partial charge < -0.3 is 0 Å². The number of Topliss-reactive ketones (excluding diaryl/α,β-unsaturated/α-hetero) is 1. The van der Waals surface area contributed by atoms with E-state index in [9.17, 15) is 4.79 Å². The van der Waals surface area contributed by atoms with Gasteiger partial charge in [-0.1, -0.05) is 22.8 Å². The van der Waals surface area contributed by atoms with Gasteiger partial charge in [-0.2, -0.15) is 0 Å². The SMILES string of the molecule is CC(=O)C1CC2CCC1C2=C(C)CCC=C(C)C. The summed E-state index contributed by atoms with van der Waals surface area (Å²) in [4.78, 5) is 11.7. The number of hydrogen-bond donors (Lipinski definition) is 0. The highest BCUT2D eigenvalue weighted by molar-refractivity contribution is 5.80. The Morgan fingerprint density at radius 1 is 1.22 bits per heavy atom. The molecule has 2 bridgehead atoms. The number of carbonyl (C=O) groups is 1. The maximum atomic E-state index is 11.7. The lowest BCUT2D eigenvalue weighted by molar-refractivity contribution is -0.122. The molecule has 3 unspecified atom stereocenters. The molecule has 0 amide bonds. The molecule has 0 radical (unpaired) electrons. The Morgan fingerprint density at radius 2 is 1.94 bits per heavy atom. The highest BCUT2D eigenvalue weighted by atomic mass is 16.1. The topological polar surface area (TPSA) is 17.1 Å². The van der Waals surface area contributed by atoms with Crippen molar-refractivity contribution in [2.75, 3.05) is 0 Å². The van der Waals surface area contributed by atoms with Crippen LogP contribution in [-0.2, 0) is 4.79 Å². The summed E-state index contributed by atoms with van der Waals surface area (Å²) in [6.07, 6.45) is 8.37. The van der Waals surface area contributed by atoms with Gasteiger partial charge in [0.05, 0.1) is 0 Å². The lowest BCUT2D eigenvalue weighted by Crippen LogP contribution is -2.18. The summed E-state index contributed by atoms with van der Waals surface area (Å²) in [5.74, 6) is 2.09. The fourth-order valence-electron chi connectivity index (χ4n) is 3.96. The van der Waals surface area contributed by atoms with E-state index >= 15 is 0 Å². The third-order valence-electron chi connectivity index (χ3n) is 4.78. The van der Waals surface area contributed by atoms with Crippen LogP contribution >= 0.6 is 0 Å². The molecular formula is C17H26O. The first-order valence-electron chi connectivity index (χ1n) is 7.34. The predicted octanol–water partition coefficient (Wildman–Crippen LogP) is 4.68. The first-order chi connectivity index (χ1) is 8.50. The maximum absolute atomic E-state index is 11.7. The highest BCUT2D eigenvalue weighted by Crippen LogP contribution is 2.54. The van der Waals surface area contributed by atoms with Gasteiger partial charge in [-0.3, -0.25) is 4.79 Å². The first kappa shape index (κ1) is 13.6. The van der Waals surface area contributed by atoms with Crippen LogP contribution in [0.4, 0.5) is 0 Å². The molecule has 0 aliphatic heterocycles. The van der Waals surface area contributed by atoms with Crippen molar-refractivity contribution in [3.05, 3.63) is 22.8 Å². The number of rotatable bonds is 4. The van der Waals surface area contributed by atoms with Crippen LogP contribution in [0.15, 0.2) is 22.8 Å². The Kier molecular flexibility index (Phi) is 4.09. The monoisotopic (exact) mass is 246 g/mol. The van der Waals surface area contributed by atoms with Crippen LogP contribution in [0, 0.1) is 17.8 Å². The molecule has 2 saturated carbocycles. The molecule has 0 N–H and O–H groups in total. The maximum Gasteiger partial charge on any atom is 0.133 e. The van der Waals surface area contributed by atoms with Crippen LogP contribution in [0.1, 0.15) is 59.8 Å². The van der Waals surface area contributed by atoms with Gasteiger partial charge in [-0.05, 0) is 71.6 Å². The molecule has 3 atom stereocenters. The van der Waals surface area contributed by atoms with E-state index in [1.54, 1.807) is 18.1 Å². The van der Waals surface area contributed by atoms with Crippen LogP contribution in [0.25, 0.3) is 0 Å². The van der Waals surface area contributed by atoms with Crippen molar-refractivity contribution in [2.24, 2.45) is 17.8 Å². The van der Waals surface area contributed by atoms with E-state index in [-0.39, 0.29) is 0 Å². The molecular weight excluding hydrogens is 220 g/mol. The summed E-state index contributed by atoms with van der Waals surface area (Å²) in [5, 5.41) is 0. The molecule has 100 valence electrons. The van der Waals surface area contributed by atoms with Gasteiger partial charge in [0.15, 0.2) is 0 Å². The summed E-state index contributed by atoms with van der Waals surface area (Å²) in [6.45, 7) is 8.39. The van der Waals surface area contributed by atoms with Gasteiger partial charge in [0, 0.05) is 5.92 Å². The third kappa shape index (κ3) is 2.60. The molecule has 2 aliphatic carbocycles. The number of carbonyl (C=O) groups excluding carboxylic acids is 1. The summed E-state index contributed by atoms with van der Waals surface area (Å²) in [5.41, 5.74) is 4.64. The second-order valence-corrected chi connectivity index (χ2v) is 6.39. The van der Waals surface area contributed by atoms with E-state index in [0.717, 1.165) is 18.8 Å². The average Bonchev–Trinajstić information content (AvgIpc) is 2.85. The zero-order valence-corrected chi connectivity index (χ0v) is 12.3. The van der Waals surface area contributed by atoms with Crippen LogP contribution in [-0.4, -0.2) is 5.78 Å². The highest BCUT2D eigenvalue weighted by Gasteiger charge is 2.46.